The molecule has 1 N–H and O–H groups in total. The second kappa shape index (κ2) is 11.5. The third kappa shape index (κ3) is 4.92. The van der Waals surface area contributed by atoms with Crippen molar-refractivity contribution in [1.82, 2.24) is 15.0 Å². The highest BCUT2D eigenvalue weighted by Gasteiger charge is 2.42. The maximum atomic E-state index is 16.5. The molecule has 1 saturated heterocycles. The Bertz CT molecular complexity index is 1730. The molecule has 4 aromatic rings. The van der Waals surface area contributed by atoms with Gasteiger partial charge >= 0.3 is 0 Å². The highest BCUT2D eigenvalue weighted by Crippen LogP contribution is 2.43. The molecular weight excluding hydrogens is 567 g/mol. The second-order valence-corrected chi connectivity index (χ2v) is 18.6. The van der Waals surface area contributed by atoms with Crippen molar-refractivity contribution in [3.63, 3.8) is 0 Å². The van der Waals surface area contributed by atoms with Crippen molar-refractivity contribution in [3.8, 4) is 28.5 Å². The van der Waals surface area contributed by atoms with E-state index in [4.69, 9.17) is 4.98 Å². The van der Waals surface area contributed by atoms with E-state index in [1.165, 1.54) is 23.9 Å². The summed E-state index contributed by atoms with van der Waals surface area (Å²) in [6.07, 6.45) is 4.46. The van der Waals surface area contributed by atoms with E-state index in [9.17, 15) is 5.11 Å². The number of rotatable bonds is 6. The van der Waals surface area contributed by atoms with Crippen LogP contribution < -0.4 is 4.90 Å². The van der Waals surface area contributed by atoms with Crippen LogP contribution in [-0.2, 0) is 0 Å². The summed E-state index contributed by atoms with van der Waals surface area (Å²) in [5.41, 5.74) is 5.36. The molecule has 1 atom stereocenters. The zero-order chi connectivity index (χ0) is 30.5. The van der Waals surface area contributed by atoms with Crippen molar-refractivity contribution in [3.05, 3.63) is 47.7 Å². The standard InChI is InChI=1S/C33H38F2N4OSSi/c1-18(2)42(19(3)4,20(5)6)14-12-24-27(34)10-9-22-15-23(40)16-25(28(22)24)30-29(35)31-26(17-36-33(38-31)41-8)32(37-30)39-13-11-21(39)7/h9-10,15-21,40H,11,13H2,1-8H3/t21-/m0/s1. The summed E-state index contributed by atoms with van der Waals surface area (Å²) in [7, 11) is -2.21. The first-order valence-corrected chi connectivity index (χ1v) is 18.0. The number of anilines is 1. The number of thioether (sulfide) groups is 1. The Morgan fingerprint density at radius 2 is 1.74 bits per heavy atom. The predicted molar refractivity (Wildman–Crippen MR) is 173 cm³/mol. The molecule has 5 nitrogen and oxygen atoms in total. The zero-order valence-corrected chi connectivity index (χ0v) is 27.3. The van der Waals surface area contributed by atoms with Crippen LogP contribution in [0.25, 0.3) is 32.9 Å². The first-order valence-electron chi connectivity index (χ1n) is 14.6. The Morgan fingerprint density at radius 3 is 2.31 bits per heavy atom. The molecule has 2 aromatic heterocycles. The van der Waals surface area contributed by atoms with Crippen LogP contribution in [-0.4, -0.2) is 47.0 Å². The van der Waals surface area contributed by atoms with Crippen LogP contribution >= 0.6 is 11.8 Å². The number of phenolic OH excluding ortho intramolecular Hbond substituents is 1. The van der Waals surface area contributed by atoms with Gasteiger partial charge < -0.3 is 10.0 Å². The maximum absolute atomic E-state index is 16.5. The number of hydrogen-bond donors (Lipinski definition) is 1. The molecule has 1 aliphatic rings. The number of phenols is 1. The van der Waals surface area contributed by atoms with Crippen molar-refractivity contribution in [2.24, 2.45) is 0 Å². The van der Waals surface area contributed by atoms with Crippen molar-refractivity contribution < 1.29 is 13.9 Å². The van der Waals surface area contributed by atoms with Gasteiger partial charge in [0.15, 0.2) is 11.0 Å². The maximum Gasteiger partial charge on any atom is 0.187 e. The second-order valence-electron chi connectivity index (χ2n) is 12.2. The van der Waals surface area contributed by atoms with E-state index in [-0.39, 0.29) is 34.1 Å². The lowest BCUT2D eigenvalue weighted by Crippen LogP contribution is -2.46. The summed E-state index contributed by atoms with van der Waals surface area (Å²) < 4.78 is 32.3. The number of aromatic hydroxyl groups is 1. The fraction of sp³-hybridized carbons (Fsp3) is 0.424. The number of pyridine rings is 1. The predicted octanol–water partition coefficient (Wildman–Crippen LogP) is 8.72. The highest BCUT2D eigenvalue weighted by molar-refractivity contribution is 7.98. The first kappa shape index (κ1) is 30.2. The Hall–Kier alpha value is -3.22. The van der Waals surface area contributed by atoms with Gasteiger partial charge in [0, 0.05) is 29.7 Å². The number of aromatic nitrogens is 3. The topological polar surface area (TPSA) is 62.1 Å². The lowest BCUT2D eigenvalue weighted by Gasteiger charge is -2.40. The Labute approximate surface area is 252 Å². The molecule has 5 rings (SSSR count). The third-order valence-corrected chi connectivity index (χ3v) is 15.8. The van der Waals surface area contributed by atoms with Crippen LogP contribution in [0, 0.1) is 23.1 Å². The molecular formula is C33H38F2N4OSSi. The molecule has 3 heterocycles. The molecule has 42 heavy (non-hydrogen) atoms. The van der Waals surface area contributed by atoms with E-state index in [1.807, 2.05) is 6.26 Å². The molecule has 0 spiro atoms. The van der Waals surface area contributed by atoms with Crippen molar-refractivity contribution in [1.29, 1.82) is 0 Å². The fourth-order valence-electron chi connectivity index (χ4n) is 6.69. The third-order valence-electron chi connectivity index (χ3n) is 8.99. The number of hydrogen-bond acceptors (Lipinski definition) is 6. The molecule has 1 aliphatic heterocycles. The Balaban J connectivity index is 1.87. The van der Waals surface area contributed by atoms with Gasteiger partial charge in [0.2, 0.25) is 0 Å². The van der Waals surface area contributed by atoms with Gasteiger partial charge in [0.25, 0.3) is 0 Å². The molecule has 0 unspecified atom stereocenters. The lowest BCUT2D eigenvalue weighted by atomic mass is 9.95. The average Bonchev–Trinajstić information content (AvgIpc) is 2.93. The number of benzene rings is 2. The van der Waals surface area contributed by atoms with E-state index in [2.05, 4.69) is 74.8 Å². The summed E-state index contributed by atoms with van der Waals surface area (Å²) in [5.74, 6) is 2.68. The van der Waals surface area contributed by atoms with Crippen molar-refractivity contribution in [2.45, 2.75) is 82.7 Å². The minimum Gasteiger partial charge on any atom is -0.508 e. The van der Waals surface area contributed by atoms with Crippen molar-refractivity contribution in [2.75, 3.05) is 17.7 Å². The zero-order valence-electron chi connectivity index (χ0n) is 25.5. The molecule has 9 heteroatoms. The van der Waals surface area contributed by atoms with Crippen LogP contribution in [0.2, 0.25) is 16.6 Å². The molecule has 220 valence electrons. The normalized spacial score (nSPS) is 15.5. The van der Waals surface area contributed by atoms with E-state index < -0.39 is 19.7 Å². The summed E-state index contributed by atoms with van der Waals surface area (Å²) >= 11 is 1.33. The van der Waals surface area contributed by atoms with Crippen LogP contribution in [0.3, 0.4) is 0 Å². The van der Waals surface area contributed by atoms with Crippen molar-refractivity contribution >= 4 is 47.3 Å². The van der Waals surface area contributed by atoms with Gasteiger partial charge in [0.05, 0.1) is 10.9 Å². The molecule has 0 bridgehead atoms. The van der Waals surface area contributed by atoms with Gasteiger partial charge in [-0.1, -0.05) is 65.3 Å². The highest BCUT2D eigenvalue weighted by atomic mass is 32.2. The molecule has 0 aliphatic carbocycles. The molecule has 2 aromatic carbocycles. The van der Waals surface area contributed by atoms with Crippen LogP contribution in [0.1, 0.15) is 60.5 Å². The number of nitrogens with zero attached hydrogens (tertiary/aromatic N) is 4. The number of fused-ring (bicyclic) bond motifs is 2. The van der Waals surface area contributed by atoms with E-state index in [0.717, 1.165) is 13.0 Å². The smallest absolute Gasteiger partial charge is 0.187 e. The van der Waals surface area contributed by atoms with Crippen LogP contribution in [0.5, 0.6) is 5.75 Å². The van der Waals surface area contributed by atoms with Gasteiger partial charge in [-0.25, -0.2) is 23.7 Å². The summed E-state index contributed by atoms with van der Waals surface area (Å²) in [6.45, 7) is 16.1. The van der Waals surface area contributed by atoms with Gasteiger partial charge in [-0.15, -0.1) is 5.54 Å². The average molecular weight is 605 g/mol. The largest absolute Gasteiger partial charge is 0.508 e. The molecule has 0 amide bonds. The summed E-state index contributed by atoms with van der Waals surface area (Å²) in [4.78, 5) is 15.9. The van der Waals surface area contributed by atoms with Crippen LogP contribution in [0.15, 0.2) is 35.6 Å². The van der Waals surface area contributed by atoms with E-state index in [0.29, 0.717) is 43.8 Å². The quantitative estimate of drug-likeness (QED) is 0.103. The summed E-state index contributed by atoms with van der Waals surface area (Å²) in [6, 6.07) is 6.21. The summed E-state index contributed by atoms with van der Waals surface area (Å²) in [5, 5.41) is 12.7. The molecule has 1 fully saturated rings. The fourth-order valence-corrected chi connectivity index (χ4v) is 12.2. The minimum atomic E-state index is -2.21. The van der Waals surface area contributed by atoms with Crippen LogP contribution in [0.4, 0.5) is 14.6 Å². The minimum absolute atomic E-state index is 0.0111. The SMILES string of the molecule is CSc1ncc2c(N3CC[C@@H]3C)nc(-c3cc(O)cc4ccc(F)c(C#C[Si](C(C)C)(C(C)C)C(C)C)c34)c(F)c2n1. The molecule has 0 radical (unpaired) electrons. The first-order chi connectivity index (χ1) is 19.9. The lowest BCUT2D eigenvalue weighted by molar-refractivity contribution is 0.475. The van der Waals surface area contributed by atoms with Gasteiger partial charge in [-0.2, -0.15) is 0 Å². The van der Waals surface area contributed by atoms with Gasteiger partial charge in [-0.05, 0) is 59.8 Å². The Morgan fingerprint density at radius 1 is 1.05 bits per heavy atom. The van der Waals surface area contributed by atoms with Gasteiger partial charge in [-0.3, -0.25) is 0 Å². The Kier molecular flexibility index (Phi) is 8.25. The monoisotopic (exact) mass is 604 g/mol. The van der Waals surface area contributed by atoms with E-state index in [1.54, 1.807) is 18.3 Å². The molecule has 0 saturated carbocycles. The van der Waals surface area contributed by atoms with Gasteiger partial charge in [0.1, 0.15) is 36.7 Å². The number of halogens is 2. The van der Waals surface area contributed by atoms with E-state index >= 15 is 8.78 Å².